The lowest BCUT2D eigenvalue weighted by Gasteiger charge is -2.14. The van der Waals surface area contributed by atoms with Crippen molar-refractivity contribution in [1.29, 1.82) is 0 Å². The van der Waals surface area contributed by atoms with Crippen molar-refractivity contribution in [3.05, 3.63) is 170 Å². The zero-order valence-corrected chi connectivity index (χ0v) is 27.0. The summed E-state index contributed by atoms with van der Waals surface area (Å²) in [7, 11) is 0. The van der Waals surface area contributed by atoms with E-state index in [1.165, 1.54) is 0 Å². The molecule has 4 nitrogen and oxygen atoms in total. The van der Waals surface area contributed by atoms with E-state index < -0.39 is 6.04 Å². The summed E-state index contributed by atoms with van der Waals surface area (Å²) >= 11 is 1.09. The number of fused-ring (bicyclic) bond motifs is 6. The highest BCUT2D eigenvalue weighted by Gasteiger charge is 2.19. The van der Waals surface area contributed by atoms with E-state index in [-0.39, 0.29) is 51.7 Å². The smallest absolute Gasteiger partial charge is 0.166 e. The van der Waals surface area contributed by atoms with E-state index in [0.717, 1.165) is 44.4 Å². The molecular formula is C45H28N4S. The van der Waals surface area contributed by atoms with Crippen LogP contribution in [0.1, 0.15) is 12.3 Å². The summed E-state index contributed by atoms with van der Waals surface area (Å²) in [4.78, 5) is 15.1. The molecule has 7 aromatic carbocycles. The Bertz CT molecular complexity index is 3340. The van der Waals surface area contributed by atoms with Crippen LogP contribution in [0, 0.1) is 0 Å². The molecule has 0 fully saturated rings. The van der Waals surface area contributed by atoms with Crippen LogP contribution in [0.4, 0.5) is 0 Å². The molecule has 0 aliphatic rings. The van der Waals surface area contributed by atoms with Gasteiger partial charge in [-0.3, -0.25) is 0 Å². The summed E-state index contributed by atoms with van der Waals surface area (Å²) < 4.78 is 80.2. The van der Waals surface area contributed by atoms with E-state index in [1.54, 1.807) is 24.3 Å². The van der Waals surface area contributed by atoms with Crippen molar-refractivity contribution < 1.29 is 12.3 Å². The Hall–Kier alpha value is -6.43. The number of rotatable bonds is 5. The topological polar surface area (TPSA) is 43.6 Å². The highest BCUT2D eigenvalue weighted by molar-refractivity contribution is 7.26. The van der Waals surface area contributed by atoms with Gasteiger partial charge in [0.25, 0.3) is 0 Å². The first-order valence-electron chi connectivity index (χ1n) is 20.5. The second-order valence-electron chi connectivity index (χ2n) is 11.8. The lowest BCUT2D eigenvalue weighted by molar-refractivity contribution is 1.06. The lowest BCUT2D eigenvalue weighted by atomic mass is 10.0. The van der Waals surface area contributed by atoms with Crippen LogP contribution in [0.2, 0.25) is 0 Å². The van der Waals surface area contributed by atoms with Gasteiger partial charge in [-0.2, -0.15) is 0 Å². The average molecular weight is 666 g/mol. The molecule has 0 bridgehead atoms. The number of benzene rings is 7. The van der Waals surface area contributed by atoms with Gasteiger partial charge in [-0.25, -0.2) is 15.0 Å². The fourth-order valence-electron chi connectivity index (χ4n) is 6.60. The SMILES string of the molecule is [2H]c1ccc2c(c1)c1cc([2H])ccc1n2-c1ccccc1-c1nc(-c2ccccc2)nc(-c2cccc(-c3c([2H])c([2H])c([2H])c4c3sc3c([2H])c([2H])c([2H])c([2H])c34)c2)n1. The first-order valence-corrected chi connectivity index (χ1v) is 16.8. The van der Waals surface area contributed by atoms with Gasteiger partial charge in [0.2, 0.25) is 0 Å². The minimum Gasteiger partial charge on any atom is -0.309 e. The molecule has 10 aromatic rings. The van der Waals surface area contributed by atoms with E-state index in [1.807, 2.05) is 91.0 Å². The molecule has 0 aliphatic carbocycles. The van der Waals surface area contributed by atoms with Crippen molar-refractivity contribution in [2.75, 3.05) is 0 Å². The maximum Gasteiger partial charge on any atom is 0.166 e. The van der Waals surface area contributed by atoms with Crippen molar-refractivity contribution in [2.45, 2.75) is 0 Å². The van der Waals surface area contributed by atoms with Gasteiger partial charge in [0.1, 0.15) is 0 Å². The second kappa shape index (κ2) is 11.6. The molecule has 0 radical (unpaired) electrons. The van der Waals surface area contributed by atoms with Crippen LogP contribution in [0.3, 0.4) is 0 Å². The molecule has 0 saturated heterocycles. The Morgan fingerprint density at radius 1 is 0.460 bits per heavy atom. The molecule has 0 aliphatic heterocycles. The quantitative estimate of drug-likeness (QED) is 0.184. The van der Waals surface area contributed by atoms with Crippen LogP contribution >= 0.6 is 11.3 Å². The molecule has 0 unspecified atom stereocenters. The maximum atomic E-state index is 9.09. The Labute approximate surface area is 305 Å². The van der Waals surface area contributed by atoms with E-state index in [0.29, 0.717) is 56.5 Å². The van der Waals surface area contributed by atoms with Crippen molar-refractivity contribution in [3.8, 4) is 51.0 Å². The number of thiophene rings is 1. The summed E-state index contributed by atoms with van der Waals surface area (Å²) in [6.07, 6.45) is 0. The molecule has 234 valence electrons. The van der Waals surface area contributed by atoms with Crippen LogP contribution in [0.25, 0.3) is 93.0 Å². The van der Waals surface area contributed by atoms with Crippen molar-refractivity contribution in [1.82, 2.24) is 19.5 Å². The Kier molecular flexibility index (Phi) is 4.84. The molecular weight excluding hydrogens is 629 g/mol. The Morgan fingerprint density at radius 3 is 1.94 bits per heavy atom. The van der Waals surface area contributed by atoms with Gasteiger partial charge in [0.15, 0.2) is 17.5 Å². The van der Waals surface area contributed by atoms with Crippen LogP contribution in [-0.2, 0) is 0 Å². The number of nitrogens with zero attached hydrogens (tertiary/aromatic N) is 4. The summed E-state index contributed by atoms with van der Waals surface area (Å²) in [5.74, 6) is 1.16. The summed E-state index contributed by atoms with van der Waals surface area (Å²) in [5, 5.41) is 2.09. The van der Waals surface area contributed by atoms with Crippen molar-refractivity contribution in [2.24, 2.45) is 0 Å². The Morgan fingerprint density at radius 2 is 1.12 bits per heavy atom. The molecule has 3 aromatic heterocycles. The first-order chi connectivity index (χ1) is 28.5. The predicted molar refractivity (Wildman–Crippen MR) is 209 cm³/mol. The molecule has 50 heavy (non-hydrogen) atoms. The van der Waals surface area contributed by atoms with Gasteiger partial charge in [-0.15, -0.1) is 11.3 Å². The minimum absolute atomic E-state index is 0.170. The number of hydrogen-bond donors (Lipinski definition) is 0. The maximum absolute atomic E-state index is 9.09. The lowest BCUT2D eigenvalue weighted by Crippen LogP contribution is -2.03. The second-order valence-corrected chi connectivity index (χ2v) is 12.8. The first kappa shape index (κ1) is 20.8. The highest BCUT2D eigenvalue weighted by atomic mass is 32.1. The third-order valence-electron chi connectivity index (χ3n) is 8.85. The van der Waals surface area contributed by atoms with Crippen molar-refractivity contribution in [3.63, 3.8) is 0 Å². The van der Waals surface area contributed by atoms with Crippen LogP contribution in [0.5, 0.6) is 0 Å². The van der Waals surface area contributed by atoms with Crippen molar-refractivity contribution >= 4 is 53.3 Å². The number of hydrogen-bond acceptors (Lipinski definition) is 4. The highest BCUT2D eigenvalue weighted by Crippen LogP contribution is 2.41. The molecule has 0 N–H and O–H groups in total. The zero-order chi connectivity index (χ0) is 40.9. The van der Waals surface area contributed by atoms with E-state index in [4.69, 9.17) is 27.3 Å². The standard InChI is InChI=1S/C45H28N4S/c1-2-14-29(15-3-1)43-46-44(31-17-12-16-30(28-31)32-22-13-23-36-35-20-7-11-27-41(35)50-42(32)36)48-45(47-43)37-21-6-10-26-40(37)49-38-24-8-4-18-33(38)34-19-5-9-25-39(34)49/h1-28H/i4D,5D,7D,11D,13D,20D,22D,23D,27D. The normalized spacial score (nSPS) is 14.1. The fraction of sp³-hybridized carbons (Fsp3) is 0. The molecule has 0 saturated carbocycles. The monoisotopic (exact) mass is 665 g/mol. The average Bonchev–Trinajstić information content (AvgIpc) is 3.80. The molecule has 5 heteroatoms. The zero-order valence-electron chi connectivity index (χ0n) is 35.2. The van der Waals surface area contributed by atoms with E-state index >= 15 is 0 Å². The predicted octanol–water partition coefficient (Wildman–Crippen LogP) is 12.0. The van der Waals surface area contributed by atoms with Crippen LogP contribution in [0.15, 0.2) is 170 Å². The molecule has 3 heterocycles. The fourth-order valence-corrected chi connectivity index (χ4v) is 7.69. The number of para-hydroxylation sites is 3. The summed E-state index contributed by atoms with van der Waals surface area (Å²) in [6.45, 7) is 0. The summed E-state index contributed by atoms with van der Waals surface area (Å²) in [5.41, 5.74) is 5.43. The molecule has 10 rings (SSSR count). The van der Waals surface area contributed by atoms with Gasteiger partial charge in [0, 0.05) is 47.6 Å². The van der Waals surface area contributed by atoms with Gasteiger partial charge in [0.05, 0.1) is 29.1 Å². The molecule has 0 spiro atoms. The third-order valence-corrected chi connectivity index (χ3v) is 9.98. The number of aromatic nitrogens is 4. The van der Waals surface area contributed by atoms with E-state index in [2.05, 4.69) is 4.57 Å². The minimum atomic E-state index is -0.421. The largest absolute Gasteiger partial charge is 0.309 e. The third kappa shape index (κ3) is 4.63. The summed E-state index contributed by atoms with van der Waals surface area (Å²) in [6, 6.07) is 34.2. The Balaban J connectivity index is 1.21. The van der Waals surface area contributed by atoms with E-state index in [9.17, 15) is 0 Å². The van der Waals surface area contributed by atoms with Gasteiger partial charge < -0.3 is 4.57 Å². The van der Waals surface area contributed by atoms with Gasteiger partial charge in [-0.05, 0) is 47.5 Å². The van der Waals surface area contributed by atoms with Gasteiger partial charge in [-0.1, -0.05) is 133 Å². The van der Waals surface area contributed by atoms with Crippen LogP contribution in [-0.4, -0.2) is 19.5 Å². The van der Waals surface area contributed by atoms with Gasteiger partial charge >= 0.3 is 0 Å². The molecule has 0 amide bonds. The van der Waals surface area contributed by atoms with Crippen LogP contribution < -0.4 is 0 Å². The molecule has 0 atom stereocenters.